The number of fused-ring (bicyclic) bond motifs is 1. The smallest absolute Gasteiger partial charge is 0.0709 e. The average Bonchev–Trinajstić information content (AvgIpc) is 2.78. The van der Waals surface area contributed by atoms with Crippen LogP contribution in [0.25, 0.3) is 0 Å². The predicted molar refractivity (Wildman–Crippen MR) is 59.1 cm³/mol. The lowest BCUT2D eigenvalue weighted by molar-refractivity contribution is 0.990. The van der Waals surface area contributed by atoms with Gasteiger partial charge in [-0.3, -0.25) is 4.99 Å². The fraction of sp³-hybridized carbons (Fsp3) is 0.154. The average molecular weight is 181 g/mol. The SMILES string of the molecule is CC1=C(C2C=CC=C2)C2=CC=CC2=N1. The Balaban J connectivity index is 2.06. The molecule has 1 nitrogen and oxygen atoms in total. The summed E-state index contributed by atoms with van der Waals surface area (Å²) >= 11 is 0. The molecule has 0 radical (unpaired) electrons. The van der Waals surface area contributed by atoms with E-state index < -0.39 is 0 Å². The van der Waals surface area contributed by atoms with Gasteiger partial charge in [0.1, 0.15) is 0 Å². The molecule has 0 saturated heterocycles. The van der Waals surface area contributed by atoms with Gasteiger partial charge in [-0.25, -0.2) is 0 Å². The fourth-order valence-electron chi connectivity index (χ4n) is 2.22. The quantitative estimate of drug-likeness (QED) is 0.589. The molecule has 0 aromatic carbocycles. The number of hydrogen-bond donors (Lipinski definition) is 0. The maximum absolute atomic E-state index is 4.55. The van der Waals surface area contributed by atoms with Crippen LogP contribution >= 0.6 is 0 Å². The van der Waals surface area contributed by atoms with Crippen LogP contribution in [0, 0.1) is 5.92 Å². The lowest BCUT2D eigenvalue weighted by Crippen LogP contribution is -2.01. The van der Waals surface area contributed by atoms with E-state index in [2.05, 4.69) is 54.4 Å². The van der Waals surface area contributed by atoms with Gasteiger partial charge in [0.2, 0.25) is 0 Å². The van der Waals surface area contributed by atoms with Gasteiger partial charge < -0.3 is 0 Å². The van der Waals surface area contributed by atoms with E-state index in [1.165, 1.54) is 11.1 Å². The third kappa shape index (κ3) is 0.925. The van der Waals surface area contributed by atoms with Crippen LogP contribution in [0.15, 0.2) is 64.4 Å². The number of aliphatic imine (C=N–C) groups is 1. The van der Waals surface area contributed by atoms with Gasteiger partial charge in [0.15, 0.2) is 0 Å². The van der Waals surface area contributed by atoms with Gasteiger partial charge in [0.25, 0.3) is 0 Å². The lowest BCUT2D eigenvalue weighted by atomic mass is 9.92. The Labute approximate surface area is 83.5 Å². The number of nitrogens with zero attached hydrogens (tertiary/aromatic N) is 1. The summed E-state index contributed by atoms with van der Waals surface area (Å²) in [6.07, 6.45) is 15.0. The Morgan fingerprint density at radius 1 is 1.14 bits per heavy atom. The van der Waals surface area contributed by atoms with Crippen molar-refractivity contribution in [3.8, 4) is 0 Å². The Kier molecular flexibility index (Phi) is 1.48. The number of allylic oxidation sites excluding steroid dienone is 10. The molecule has 0 aromatic rings. The molecular formula is C13H11N. The second-order valence-corrected chi connectivity index (χ2v) is 3.73. The van der Waals surface area contributed by atoms with E-state index in [9.17, 15) is 0 Å². The molecule has 0 amide bonds. The van der Waals surface area contributed by atoms with E-state index in [4.69, 9.17) is 0 Å². The van der Waals surface area contributed by atoms with Crippen molar-refractivity contribution in [3.05, 3.63) is 59.4 Å². The van der Waals surface area contributed by atoms with E-state index in [0.29, 0.717) is 5.92 Å². The first-order chi connectivity index (χ1) is 6.86. The largest absolute Gasteiger partial charge is 0.253 e. The third-order valence-corrected chi connectivity index (χ3v) is 2.84. The molecule has 0 unspecified atom stereocenters. The maximum Gasteiger partial charge on any atom is 0.0709 e. The zero-order valence-electron chi connectivity index (χ0n) is 8.07. The molecule has 2 aliphatic carbocycles. The van der Waals surface area contributed by atoms with Gasteiger partial charge in [-0.2, -0.15) is 0 Å². The normalized spacial score (nSPS) is 23.5. The van der Waals surface area contributed by atoms with E-state index in [0.717, 1.165) is 11.4 Å². The van der Waals surface area contributed by atoms with E-state index in [-0.39, 0.29) is 0 Å². The summed E-state index contributed by atoms with van der Waals surface area (Å²) in [6.45, 7) is 2.09. The Morgan fingerprint density at radius 3 is 2.71 bits per heavy atom. The summed E-state index contributed by atoms with van der Waals surface area (Å²) in [5, 5.41) is 0. The van der Waals surface area contributed by atoms with Gasteiger partial charge in [-0.1, -0.05) is 36.5 Å². The van der Waals surface area contributed by atoms with Crippen molar-refractivity contribution in [2.75, 3.05) is 0 Å². The molecular weight excluding hydrogens is 170 g/mol. The third-order valence-electron chi connectivity index (χ3n) is 2.84. The first kappa shape index (κ1) is 7.74. The standard InChI is InChI=1S/C13H11N/c1-9-13(10-5-2-3-6-10)11-7-4-8-12(11)14-9/h2-8,10H,1H3. The highest BCUT2D eigenvalue weighted by Crippen LogP contribution is 2.36. The highest BCUT2D eigenvalue weighted by atomic mass is 14.8. The predicted octanol–water partition coefficient (Wildman–Crippen LogP) is 2.95. The molecule has 1 aliphatic heterocycles. The van der Waals surface area contributed by atoms with Crippen LogP contribution < -0.4 is 0 Å². The second kappa shape index (κ2) is 2.68. The van der Waals surface area contributed by atoms with Crippen molar-refractivity contribution in [1.29, 1.82) is 0 Å². The minimum atomic E-state index is 0.433. The van der Waals surface area contributed by atoms with E-state index >= 15 is 0 Å². The minimum Gasteiger partial charge on any atom is -0.253 e. The first-order valence-electron chi connectivity index (χ1n) is 4.90. The molecule has 1 heteroatoms. The summed E-state index contributed by atoms with van der Waals surface area (Å²) in [4.78, 5) is 4.55. The van der Waals surface area contributed by atoms with Crippen LogP contribution in [0.1, 0.15) is 6.92 Å². The van der Waals surface area contributed by atoms with Gasteiger partial charge in [-0.05, 0) is 18.6 Å². The molecule has 14 heavy (non-hydrogen) atoms. The fourth-order valence-corrected chi connectivity index (χ4v) is 2.22. The lowest BCUT2D eigenvalue weighted by Gasteiger charge is -2.09. The Morgan fingerprint density at radius 2 is 1.93 bits per heavy atom. The summed E-state index contributed by atoms with van der Waals surface area (Å²) in [7, 11) is 0. The van der Waals surface area contributed by atoms with Crippen LogP contribution in [0.2, 0.25) is 0 Å². The van der Waals surface area contributed by atoms with Crippen LogP contribution in [0.3, 0.4) is 0 Å². The van der Waals surface area contributed by atoms with Crippen molar-refractivity contribution >= 4 is 5.71 Å². The Hall–Kier alpha value is -1.63. The van der Waals surface area contributed by atoms with Crippen LogP contribution in [-0.2, 0) is 0 Å². The van der Waals surface area contributed by atoms with Crippen LogP contribution in [0.5, 0.6) is 0 Å². The maximum atomic E-state index is 4.55. The molecule has 3 aliphatic rings. The van der Waals surface area contributed by atoms with Gasteiger partial charge in [-0.15, -0.1) is 0 Å². The van der Waals surface area contributed by atoms with Crippen molar-refractivity contribution in [2.24, 2.45) is 10.9 Å². The molecule has 0 spiro atoms. The van der Waals surface area contributed by atoms with Crippen molar-refractivity contribution in [3.63, 3.8) is 0 Å². The summed E-state index contributed by atoms with van der Waals surface area (Å²) in [5.74, 6) is 0.433. The number of rotatable bonds is 1. The molecule has 0 bridgehead atoms. The molecule has 68 valence electrons. The first-order valence-corrected chi connectivity index (χ1v) is 4.90. The summed E-state index contributed by atoms with van der Waals surface area (Å²) in [5.41, 5.74) is 4.97. The monoisotopic (exact) mass is 181 g/mol. The Bertz CT molecular complexity index is 455. The second-order valence-electron chi connectivity index (χ2n) is 3.73. The highest BCUT2D eigenvalue weighted by molar-refractivity contribution is 6.16. The molecule has 0 fully saturated rings. The molecule has 0 saturated carbocycles. The van der Waals surface area contributed by atoms with Crippen molar-refractivity contribution in [2.45, 2.75) is 6.92 Å². The summed E-state index contributed by atoms with van der Waals surface area (Å²) in [6, 6.07) is 0. The zero-order valence-corrected chi connectivity index (χ0v) is 8.07. The van der Waals surface area contributed by atoms with Crippen LogP contribution in [-0.4, -0.2) is 5.71 Å². The van der Waals surface area contributed by atoms with Crippen molar-refractivity contribution in [1.82, 2.24) is 0 Å². The molecule has 1 heterocycles. The van der Waals surface area contributed by atoms with E-state index in [1.807, 2.05) is 0 Å². The minimum absolute atomic E-state index is 0.433. The summed E-state index contributed by atoms with van der Waals surface area (Å²) < 4.78 is 0. The van der Waals surface area contributed by atoms with Gasteiger partial charge in [0, 0.05) is 17.2 Å². The molecule has 0 aromatic heterocycles. The topological polar surface area (TPSA) is 12.4 Å². The van der Waals surface area contributed by atoms with Gasteiger partial charge in [0.05, 0.1) is 5.71 Å². The molecule has 3 rings (SSSR count). The van der Waals surface area contributed by atoms with Crippen molar-refractivity contribution < 1.29 is 0 Å². The number of hydrogen-bond acceptors (Lipinski definition) is 1. The van der Waals surface area contributed by atoms with Crippen LogP contribution in [0.4, 0.5) is 0 Å². The van der Waals surface area contributed by atoms with E-state index in [1.54, 1.807) is 0 Å². The molecule has 0 atom stereocenters. The zero-order chi connectivity index (χ0) is 9.54. The highest BCUT2D eigenvalue weighted by Gasteiger charge is 2.26. The molecule has 0 N–H and O–H groups in total. The van der Waals surface area contributed by atoms with Gasteiger partial charge >= 0.3 is 0 Å².